The third-order valence-electron chi connectivity index (χ3n) is 5.46. The van der Waals surface area contributed by atoms with Gasteiger partial charge in [0.2, 0.25) is 21.8 Å². The Hall–Kier alpha value is -3.08. The average Bonchev–Trinajstić information content (AvgIpc) is 2.78. The monoisotopic (exact) mass is 513 g/mol. The van der Waals surface area contributed by atoms with E-state index in [0.717, 1.165) is 29.5 Å². The second-order valence-corrected chi connectivity index (χ2v) is 10.1. The summed E-state index contributed by atoms with van der Waals surface area (Å²) in [5.74, 6) is -1.14. The molecule has 0 aromatic heterocycles. The number of carbonyl (C=O) groups is 2. The van der Waals surface area contributed by atoms with Crippen LogP contribution in [0.1, 0.15) is 37.0 Å². The molecule has 7 nitrogen and oxygen atoms in total. The molecule has 0 aliphatic heterocycles. The Morgan fingerprint density at radius 1 is 1.09 bits per heavy atom. The van der Waals surface area contributed by atoms with Gasteiger partial charge in [0, 0.05) is 13.1 Å². The Kier molecular flexibility index (Phi) is 9.31. The van der Waals surface area contributed by atoms with Gasteiger partial charge in [-0.25, -0.2) is 8.42 Å². The van der Waals surface area contributed by atoms with Crippen molar-refractivity contribution in [2.75, 3.05) is 23.7 Å². The van der Waals surface area contributed by atoms with E-state index in [2.05, 4.69) is 5.32 Å². The van der Waals surface area contributed by atoms with E-state index in [1.807, 2.05) is 26.0 Å². The van der Waals surface area contributed by atoms with Crippen molar-refractivity contribution in [1.29, 1.82) is 0 Å². The molecule has 0 unspecified atom stereocenters. The van der Waals surface area contributed by atoms with Gasteiger partial charge in [-0.3, -0.25) is 13.9 Å². The zero-order valence-electron chi connectivity index (χ0n) is 20.1. The van der Waals surface area contributed by atoms with Gasteiger partial charge in [-0.05, 0) is 49.6 Å². The summed E-state index contributed by atoms with van der Waals surface area (Å²) in [6, 6.07) is 10.0. The second-order valence-electron chi connectivity index (χ2n) is 8.23. The summed E-state index contributed by atoms with van der Waals surface area (Å²) >= 11 is 0. The lowest BCUT2D eigenvalue weighted by atomic mass is 10.1. The molecule has 192 valence electrons. The van der Waals surface area contributed by atoms with E-state index < -0.39 is 46.2 Å². The quantitative estimate of drug-likeness (QED) is 0.525. The molecule has 1 N–H and O–H groups in total. The number of hydrogen-bond donors (Lipinski definition) is 1. The summed E-state index contributed by atoms with van der Waals surface area (Å²) in [7, 11) is -4.13. The van der Waals surface area contributed by atoms with Gasteiger partial charge in [-0.15, -0.1) is 0 Å². The maximum absolute atomic E-state index is 13.4. The summed E-state index contributed by atoms with van der Waals surface area (Å²) in [4.78, 5) is 27.3. The molecule has 0 saturated carbocycles. The minimum atomic E-state index is -4.69. The summed E-state index contributed by atoms with van der Waals surface area (Å²) in [5.41, 5.74) is 0.278. The average molecular weight is 514 g/mol. The van der Waals surface area contributed by atoms with Crippen LogP contribution in [0.25, 0.3) is 0 Å². The Balaban J connectivity index is 2.44. The number of carbonyl (C=O) groups excluding carboxylic acids is 2. The highest BCUT2D eigenvalue weighted by atomic mass is 32.2. The lowest BCUT2D eigenvalue weighted by Crippen LogP contribution is -2.51. The Morgan fingerprint density at radius 3 is 2.31 bits per heavy atom. The third-order valence-corrected chi connectivity index (χ3v) is 6.60. The predicted octanol–water partition coefficient (Wildman–Crippen LogP) is 3.72. The summed E-state index contributed by atoms with van der Waals surface area (Å²) in [6.45, 7) is 4.89. The first kappa shape index (κ1) is 28.2. The van der Waals surface area contributed by atoms with Crippen LogP contribution in [0.5, 0.6) is 0 Å². The normalized spacial score (nSPS) is 12.7. The molecule has 2 aromatic rings. The van der Waals surface area contributed by atoms with Gasteiger partial charge < -0.3 is 10.2 Å². The van der Waals surface area contributed by atoms with Crippen LogP contribution in [0, 0.1) is 6.92 Å². The predicted molar refractivity (Wildman–Crippen MR) is 128 cm³/mol. The SMILES string of the molecule is CCCNC(=O)[C@@H](C)N(Cc1ccccc1C)C(=O)CN(c1cccc(C(F)(F)F)c1)S(C)(=O)=O. The topological polar surface area (TPSA) is 86.8 Å². The summed E-state index contributed by atoms with van der Waals surface area (Å²) in [6.07, 6.45) is -3.20. The van der Waals surface area contributed by atoms with Gasteiger partial charge in [-0.2, -0.15) is 13.2 Å². The summed E-state index contributed by atoms with van der Waals surface area (Å²) < 4.78 is 65.2. The van der Waals surface area contributed by atoms with Crippen molar-refractivity contribution in [2.45, 2.75) is 46.0 Å². The molecule has 11 heteroatoms. The Morgan fingerprint density at radius 2 is 1.74 bits per heavy atom. The number of rotatable bonds is 10. The maximum atomic E-state index is 13.4. The number of nitrogens with one attached hydrogen (secondary N) is 1. The van der Waals surface area contributed by atoms with Crippen LogP contribution in [-0.2, 0) is 32.3 Å². The number of amides is 2. The van der Waals surface area contributed by atoms with Crippen molar-refractivity contribution in [1.82, 2.24) is 10.2 Å². The molecule has 0 fully saturated rings. The molecule has 0 aliphatic carbocycles. The molecule has 0 saturated heterocycles. The van der Waals surface area contributed by atoms with E-state index in [-0.39, 0.29) is 12.2 Å². The van der Waals surface area contributed by atoms with Crippen molar-refractivity contribution < 1.29 is 31.2 Å². The van der Waals surface area contributed by atoms with Crippen LogP contribution >= 0.6 is 0 Å². The van der Waals surface area contributed by atoms with Gasteiger partial charge in [0.1, 0.15) is 12.6 Å². The molecule has 0 heterocycles. The van der Waals surface area contributed by atoms with Crippen molar-refractivity contribution in [3.8, 4) is 0 Å². The molecule has 0 radical (unpaired) electrons. The summed E-state index contributed by atoms with van der Waals surface area (Å²) in [5, 5.41) is 2.72. The highest BCUT2D eigenvalue weighted by molar-refractivity contribution is 7.92. The fourth-order valence-corrected chi connectivity index (χ4v) is 4.24. The Bertz CT molecular complexity index is 1150. The van der Waals surface area contributed by atoms with E-state index in [1.54, 1.807) is 12.1 Å². The number of anilines is 1. The molecule has 1 atom stereocenters. The number of nitrogens with zero attached hydrogens (tertiary/aromatic N) is 2. The van der Waals surface area contributed by atoms with E-state index >= 15 is 0 Å². The fourth-order valence-electron chi connectivity index (χ4n) is 3.40. The number of hydrogen-bond acceptors (Lipinski definition) is 4. The number of alkyl halides is 3. The van der Waals surface area contributed by atoms with Crippen LogP contribution < -0.4 is 9.62 Å². The number of sulfonamides is 1. The van der Waals surface area contributed by atoms with Crippen molar-refractivity contribution in [3.05, 3.63) is 65.2 Å². The van der Waals surface area contributed by atoms with Crippen molar-refractivity contribution in [2.24, 2.45) is 0 Å². The van der Waals surface area contributed by atoms with E-state index in [4.69, 9.17) is 0 Å². The molecule has 2 amide bonds. The Labute approximate surface area is 204 Å². The maximum Gasteiger partial charge on any atom is 0.416 e. The van der Waals surface area contributed by atoms with Crippen LogP contribution in [0.15, 0.2) is 48.5 Å². The molecular formula is C24H30F3N3O4S. The minimum absolute atomic E-state index is 0.0202. The van der Waals surface area contributed by atoms with E-state index in [1.165, 1.54) is 17.9 Å². The van der Waals surface area contributed by atoms with Gasteiger partial charge in [-0.1, -0.05) is 37.3 Å². The molecule has 0 bridgehead atoms. The standard InChI is InChI=1S/C24H30F3N3O4S/c1-5-13-28-23(32)18(3)29(15-19-10-7-6-9-17(19)2)22(31)16-30(35(4,33)34)21-12-8-11-20(14-21)24(25,26)27/h6-12,14,18H,5,13,15-16H2,1-4H3,(H,28,32)/t18-/m1/s1. The van der Waals surface area contributed by atoms with Crippen LogP contribution in [0.2, 0.25) is 0 Å². The zero-order chi connectivity index (χ0) is 26.4. The fraction of sp³-hybridized carbons (Fsp3) is 0.417. The van der Waals surface area contributed by atoms with E-state index in [0.29, 0.717) is 23.3 Å². The van der Waals surface area contributed by atoms with Crippen LogP contribution in [0.3, 0.4) is 0 Å². The number of benzene rings is 2. The molecule has 2 rings (SSSR count). The second kappa shape index (κ2) is 11.6. The lowest BCUT2D eigenvalue weighted by molar-refractivity contribution is -0.139. The smallest absolute Gasteiger partial charge is 0.354 e. The molecule has 2 aromatic carbocycles. The highest BCUT2D eigenvalue weighted by Gasteiger charge is 2.33. The first-order chi connectivity index (χ1) is 16.3. The third kappa shape index (κ3) is 7.71. The molecule has 0 spiro atoms. The minimum Gasteiger partial charge on any atom is -0.354 e. The van der Waals surface area contributed by atoms with Gasteiger partial charge in [0.15, 0.2) is 0 Å². The first-order valence-corrected chi connectivity index (χ1v) is 12.9. The van der Waals surface area contributed by atoms with Crippen molar-refractivity contribution in [3.63, 3.8) is 0 Å². The van der Waals surface area contributed by atoms with Crippen LogP contribution in [-0.4, -0.2) is 50.5 Å². The largest absolute Gasteiger partial charge is 0.416 e. The van der Waals surface area contributed by atoms with E-state index in [9.17, 15) is 31.2 Å². The van der Waals surface area contributed by atoms with Gasteiger partial charge in [0.25, 0.3) is 0 Å². The van der Waals surface area contributed by atoms with Gasteiger partial charge >= 0.3 is 6.18 Å². The number of halogens is 3. The first-order valence-electron chi connectivity index (χ1n) is 11.0. The van der Waals surface area contributed by atoms with Crippen molar-refractivity contribution >= 4 is 27.5 Å². The number of aryl methyl sites for hydroxylation is 1. The molecule has 0 aliphatic rings. The van der Waals surface area contributed by atoms with Gasteiger partial charge in [0.05, 0.1) is 17.5 Å². The zero-order valence-corrected chi connectivity index (χ0v) is 20.9. The molecule has 35 heavy (non-hydrogen) atoms. The van der Waals surface area contributed by atoms with Crippen LogP contribution in [0.4, 0.5) is 18.9 Å². The highest BCUT2D eigenvalue weighted by Crippen LogP contribution is 2.32. The molecular weight excluding hydrogens is 483 g/mol. The lowest BCUT2D eigenvalue weighted by Gasteiger charge is -2.32.